The van der Waals surface area contributed by atoms with Gasteiger partial charge in [-0.2, -0.15) is 0 Å². The summed E-state index contributed by atoms with van der Waals surface area (Å²) < 4.78 is 26.3. The molecule has 0 saturated carbocycles. The molecular formula is C19H30N2O3S. The molecule has 1 aliphatic rings. The summed E-state index contributed by atoms with van der Waals surface area (Å²) in [4.78, 5) is 14.4. The van der Waals surface area contributed by atoms with Crippen molar-refractivity contribution >= 4 is 15.9 Å². The maximum absolute atomic E-state index is 12.6. The van der Waals surface area contributed by atoms with E-state index in [1.807, 2.05) is 30.9 Å². The summed E-state index contributed by atoms with van der Waals surface area (Å²) in [6.07, 6.45) is 2.63. The Morgan fingerprint density at radius 1 is 1.08 bits per heavy atom. The Morgan fingerprint density at radius 3 is 2.52 bits per heavy atom. The average Bonchev–Trinajstić information content (AvgIpc) is 2.83. The van der Waals surface area contributed by atoms with Crippen molar-refractivity contribution in [1.29, 1.82) is 0 Å². The quantitative estimate of drug-likeness (QED) is 0.777. The van der Waals surface area contributed by atoms with Crippen molar-refractivity contribution < 1.29 is 13.2 Å². The summed E-state index contributed by atoms with van der Waals surface area (Å²) in [5.74, 6) is 0.288. The largest absolute Gasteiger partial charge is 0.341 e. The van der Waals surface area contributed by atoms with E-state index in [4.69, 9.17) is 0 Å². The van der Waals surface area contributed by atoms with Gasteiger partial charge in [0.1, 0.15) is 0 Å². The first-order chi connectivity index (χ1) is 11.8. The summed E-state index contributed by atoms with van der Waals surface area (Å²) in [5, 5.41) is 0. The molecule has 0 radical (unpaired) electrons. The highest BCUT2D eigenvalue weighted by atomic mass is 32.2. The van der Waals surface area contributed by atoms with E-state index in [1.54, 1.807) is 4.31 Å². The minimum absolute atomic E-state index is 0.0797. The standard InChI is InChI=1S/C19H30N2O3S/c1-4-5-13-25(23,24)21-10-6-9-20(11-12-21)19(22)15-18-8-7-16(2)17(3)14-18/h7-8,14H,4-6,9-13,15H2,1-3H3. The first-order valence-corrected chi connectivity index (χ1v) is 10.8. The lowest BCUT2D eigenvalue weighted by Gasteiger charge is -2.22. The number of amides is 1. The third-order valence-electron chi connectivity index (χ3n) is 4.88. The highest BCUT2D eigenvalue weighted by molar-refractivity contribution is 7.89. The van der Waals surface area contributed by atoms with Gasteiger partial charge in [-0.1, -0.05) is 31.5 Å². The van der Waals surface area contributed by atoms with E-state index in [2.05, 4.69) is 13.0 Å². The fraction of sp³-hybridized carbons (Fsp3) is 0.632. The molecule has 1 aliphatic heterocycles. The van der Waals surface area contributed by atoms with Crippen LogP contribution in [0.5, 0.6) is 0 Å². The molecule has 1 amide bonds. The molecule has 140 valence electrons. The number of rotatable bonds is 6. The van der Waals surface area contributed by atoms with Gasteiger partial charge in [0.2, 0.25) is 15.9 Å². The third-order valence-corrected chi connectivity index (χ3v) is 6.84. The monoisotopic (exact) mass is 366 g/mol. The van der Waals surface area contributed by atoms with E-state index >= 15 is 0 Å². The van der Waals surface area contributed by atoms with Crippen molar-refractivity contribution in [3.05, 3.63) is 34.9 Å². The lowest BCUT2D eigenvalue weighted by atomic mass is 10.0. The molecule has 6 heteroatoms. The van der Waals surface area contributed by atoms with Gasteiger partial charge in [-0.3, -0.25) is 4.79 Å². The highest BCUT2D eigenvalue weighted by Gasteiger charge is 2.26. The molecule has 2 rings (SSSR count). The van der Waals surface area contributed by atoms with Crippen LogP contribution in [0.3, 0.4) is 0 Å². The van der Waals surface area contributed by atoms with Crippen molar-refractivity contribution in [1.82, 2.24) is 9.21 Å². The fourth-order valence-electron chi connectivity index (χ4n) is 3.08. The molecule has 5 nitrogen and oxygen atoms in total. The van der Waals surface area contributed by atoms with Crippen LogP contribution in [0.4, 0.5) is 0 Å². The Bertz CT molecular complexity index is 701. The summed E-state index contributed by atoms with van der Waals surface area (Å²) in [6, 6.07) is 6.11. The molecule has 1 aromatic carbocycles. The Hall–Kier alpha value is -1.40. The number of aryl methyl sites for hydroxylation is 2. The van der Waals surface area contributed by atoms with Crippen LogP contribution < -0.4 is 0 Å². The zero-order chi connectivity index (χ0) is 18.4. The predicted molar refractivity (Wildman–Crippen MR) is 101 cm³/mol. The van der Waals surface area contributed by atoms with Crippen molar-refractivity contribution in [3.8, 4) is 0 Å². The summed E-state index contributed by atoms with van der Waals surface area (Å²) in [6.45, 7) is 8.13. The fourth-order valence-corrected chi connectivity index (χ4v) is 4.76. The van der Waals surface area contributed by atoms with Crippen molar-refractivity contribution in [2.45, 2.75) is 46.5 Å². The number of unbranched alkanes of at least 4 members (excludes halogenated alkanes) is 1. The predicted octanol–water partition coefficient (Wildman–Crippen LogP) is 2.51. The number of nitrogens with zero attached hydrogens (tertiary/aromatic N) is 2. The number of sulfonamides is 1. The van der Waals surface area contributed by atoms with Crippen LogP contribution in [-0.4, -0.2) is 55.5 Å². The van der Waals surface area contributed by atoms with Crippen molar-refractivity contribution in [3.63, 3.8) is 0 Å². The Kier molecular flexibility index (Phi) is 7.02. The van der Waals surface area contributed by atoms with Gasteiger partial charge in [-0.25, -0.2) is 12.7 Å². The molecule has 0 aromatic heterocycles. The normalized spacial score (nSPS) is 16.7. The second kappa shape index (κ2) is 8.81. The molecular weight excluding hydrogens is 336 g/mol. The SMILES string of the molecule is CCCCS(=O)(=O)N1CCCN(C(=O)Cc2ccc(C)c(C)c2)CC1. The van der Waals surface area contributed by atoms with Crippen molar-refractivity contribution in [2.75, 3.05) is 31.9 Å². The lowest BCUT2D eigenvalue weighted by Crippen LogP contribution is -2.38. The average molecular weight is 367 g/mol. The molecule has 1 saturated heterocycles. The van der Waals surface area contributed by atoms with Crippen LogP contribution >= 0.6 is 0 Å². The van der Waals surface area contributed by atoms with Gasteiger partial charge in [-0.05, 0) is 43.4 Å². The third kappa shape index (κ3) is 5.54. The van der Waals surface area contributed by atoms with Crippen LogP contribution in [-0.2, 0) is 21.2 Å². The van der Waals surface area contributed by atoms with E-state index in [1.165, 1.54) is 11.1 Å². The number of hydrogen-bond acceptors (Lipinski definition) is 3. The zero-order valence-corrected chi connectivity index (χ0v) is 16.4. The molecule has 0 aliphatic carbocycles. The van der Waals surface area contributed by atoms with E-state index in [-0.39, 0.29) is 11.7 Å². The number of carbonyl (C=O) groups excluding carboxylic acids is 1. The van der Waals surface area contributed by atoms with Gasteiger partial charge in [0.15, 0.2) is 0 Å². The number of benzene rings is 1. The summed E-state index contributed by atoms with van der Waals surface area (Å²) in [7, 11) is -3.19. The Balaban J connectivity index is 1.95. The molecule has 0 atom stereocenters. The number of hydrogen-bond donors (Lipinski definition) is 0. The van der Waals surface area contributed by atoms with Gasteiger partial charge in [-0.15, -0.1) is 0 Å². The molecule has 0 spiro atoms. The van der Waals surface area contributed by atoms with E-state index in [9.17, 15) is 13.2 Å². The topological polar surface area (TPSA) is 57.7 Å². The number of carbonyl (C=O) groups is 1. The van der Waals surface area contributed by atoms with Crippen LogP contribution in [0.2, 0.25) is 0 Å². The summed E-state index contributed by atoms with van der Waals surface area (Å²) in [5.41, 5.74) is 3.43. The molecule has 0 bridgehead atoms. The first-order valence-electron chi connectivity index (χ1n) is 9.15. The Morgan fingerprint density at radius 2 is 1.84 bits per heavy atom. The minimum Gasteiger partial charge on any atom is -0.341 e. The van der Waals surface area contributed by atoms with Crippen LogP contribution in [0.1, 0.15) is 42.9 Å². The smallest absolute Gasteiger partial charge is 0.227 e. The molecule has 1 fully saturated rings. The first kappa shape index (κ1) is 19.9. The van der Waals surface area contributed by atoms with Gasteiger partial charge in [0.05, 0.1) is 12.2 Å². The van der Waals surface area contributed by atoms with E-state index in [0.29, 0.717) is 45.4 Å². The van der Waals surface area contributed by atoms with Crippen LogP contribution in [0.25, 0.3) is 0 Å². The van der Waals surface area contributed by atoms with Crippen LogP contribution in [0, 0.1) is 13.8 Å². The van der Waals surface area contributed by atoms with Crippen molar-refractivity contribution in [2.24, 2.45) is 0 Å². The maximum Gasteiger partial charge on any atom is 0.227 e. The summed E-state index contributed by atoms with van der Waals surface area (Å²) >= 11 is 0. The highest BCUT2D eigenvalue weighted by Crippen LogP contribution is 2.14. The molecule has 0 N–H and O–H groups in total. The molecule has 1 heterocycles. The van der Waals surface area contributed by atoms with Gasteiger partial charge < -0.3 is 4.90 Å². The molecule has 1 aromatic rings. The van der Waals surface area contributed by atoms with Gasteiger partial charge in [0, 0.05) is 26.2 Å². The van der Waals surface area contributed by atoms with Gasteiger partial charge in [0.25, 0.3) is 0 Å². The second-order valence-electron chi connectivity index (χ2n) is 6.90. The van der Waals surface area contributed by atoms with E-state index < -0.39 is 10.0 Å². The lowest BCUT2D eigenvalue weighted by molar-refractivity contribution is -0.130. The molecule has 25 heavy (non-hydrogen) atoms. The maximum atomic E-state index is 12.6. The zero-order valence-electron chi connectivity index (χ0n) is 15.6. The molecule has 0 unspecified atom stereocenters. The van der Waals surface area contributed by atoms with E-state index in [0.717, 1.165) is 12.0 Å². The minimum atomic E-state index is -3.19. The second-order valence-corrected chi connectivity index (χ2v) is 8.99. The van der Waals surface area contributed by atoms with Gasteiger partial charge >= 0.3 is 0 Å². The Labute approximate surface area is 152 Å². The van der Waals surface area contributed by atoms with Crippen LogP contribution in [0.15, 0.2) is 18.2 Å².